The molecule has 5 heteroatoms. The van der Waals surface area contributed by atoms with Crippen molar-refractivity contribution in [3.05, 3.63) is 89.4 Å². The predicted octanol–water partition coefficient (Wildman–Crippen LogP) is 4.67. The summed E-state index contributed by atoms with van der Waals surface area (Å²) in [6, 6.07) is 19.8. The molecule has 0 saturated carbocycles. The summed E-state index contributed by atoms with van der Waals surface area (Å²) in [5.74, 6) is 0.658. The molecule has 5 nitrogen and oxygen atoms in total. The number of anilines is 1. The third-order valence-electron chi connectivity index (χ3n) is 4.52. The quantitative estimate of drug-likeness (QED) is 0.717. The molecule has 0 radical (unpaired) electrons. The molecule has 1 heterocycles. The van der Waals surface area contributed by atoms with Crippen LogP contribution in [0.15, 0.2) is 71.1 Å². The van der Waals surface area contributed by atoms with Crippen molar-refractivity contribution in [3.63, 3.8) is 0 Å². The number of hydrogen-bond donors (Lipinski definition) is 1. The number of furan rings is 1. The van der Waals surface area contributed by atoms with E-state index in [1.54, 1.807) is 43.1 Å². The molecular weight excluding hydrogens is 340 g/mol. The zero-order chi connectivity index (χ0) is 19.4. The molecule has 3 aromatic rings. The van der Waals surface area contributed by atoms with E-state index in [1.165, 1.54) is 0 Å². The van der Waals surface area contributed by atoms with Crippen LogP contribution >= 0.6 is 0 Å². The van der Waals surface area contributed by atoms with Gasteiger partial charge in [0, 0.05) is 18.3 Å². The first kappa shape index (κ1) is 18.5. The van der Waals surface area contributed by atoms with Crippen LogP contribution in [-0.4, -0.2) is 23.8 Å². The van der Waals surface area contributed by atoms with Crippen molar-refractivity contribution >= 4 is 17.5 Å². The number of rotatable bonds is 5. The highest BCUT2D eigenvalue weighted by Gasteiger charge is 2.21. The largest absolute Gasteiger partial charge is 0.456 e. The molecule has 1 atom stereocenters. The van der Waals surface area contributed by atoms with Gasteiger partial charge in [-0.2, -0.15) is 0 Å². The van der Waals surface area contributed by atoms with E-state index in [4.69, 9.17) is 4.42 Å². The zero-order valence-corrected chi connectivity index (χ0v) is 15.6. The van der Waals surface area contributed by atoms with Gasteiger partial charge in [-0.1, -0.05) is 30.3 Å². The Labute approximate surface area is 158 Å². The van der Waals surface area contributed by atoms with Gasteiger partial charge in [0.1, 0.15) is 5.76 Å². The van der Waals surface area contributed by atoms with Gasteiger partial charge in [-0.05, 0) is 55.8 Å². The Balaban J connectivity index is 1.74. The van der Waals surface area contributed by atoms with Crippen LogP contribution in [0, 0.1) is 6.92 Å². The molecule has 1 N–H and O–H groups in total. The van der Waals surface area contributed by atoms with Crippen LogP contribution in [0.3, 0.4) is 0 Å². The van der Waals surface area contributed by atoms with Gasteiger partial charge in [0.2, 0.25) is 0 Å². The molecular formula is C22H22N2O3. The molecule has 0 aliphatic rings. The highest BCUT2D eigenvalue weighted by atomic mass is 16.3. The fraction of sp³-hybridized carbons (Fsp3) is 0.182. The van der Waals surface area contributed by atoms with Crippen LogP contribution in [0.5, 0.6) is 0 Å². The van der Waals surface area contributed by atoms with E-state index in [0.717, 1.165) is 5.56 Å². The van der Waals surface area contributed by atoms with Crippen molar-refractivity contribution in [2.24, 2.45) is 0 Å². The molecule has 0 bridgehead atoms. The first-order valence-corrected chi connectivity index (χ1v) is 8.75. The number of nitrogens with one attached hydrogen (secondary N) is 1. The minimum Gasteiger partial charge on any atom is -0.456 e. The predicted molar refractivity (Wildman–Crippen MR) is 105 cm³/mol. The van der Waals surface area contributed by atoms with Gasteiger partial charge < -0.3 is 14.6 Å². The first-order valence-electron chi connectivity index (χ1n) is 8.75. The normalized spacial score (nSPS) is 11.7. The second kappa shape index (κ2) is 7.91. The highest BCUT2D eigenvalue weighted by Crippen LogP contribution is 2.24. The van der Waals surface area contributed by atoms with E-state index in [-0.39, 0.29) is 17.9 Å². The topological polar surface area (TPSA) is 62.6 Å². The summed E-state index contributed by atoms with van der Waals surface area (Å²) in [5, 5.41) is 2.90. The number of carbonyl (C=O) groups excluding carboxylic acids is 2. The van der Waals surface area contributed by atoms with Crippen LogP contribution < -0.4 is 5.32 Å². The van der Waals surface area contributed by atoms with Gasteiger partial charge in [0.05, 0.1) is 6.04 Å². The molecule has 3 rings (SSSR count). The Hall–Kier alpha value is -3.34. The summed E-state index contributed by atoms with van der Waals surface area (Å²) in [6.07, 6.45) is 0. The average Bonchev–Trinajstić information content (AvgIpc) is 3.13. The Morgan fingerprint density at radius 2 is 1.74 bits per heavy atom. The van der Waals surface area contributed by atoms with E-state index in [1.807, 2.05) is 49.4 Å². The fourth-order valence-electron chi connectivity index (χ4n) is 2.79. The average molecular weight is 362 g/mol. The van der Waals surface area contributed by atoms with Crippen molar-refractivity contribution in [1.82, 2.24) is 4.90 Å². The van der Waals surface area contributed by atoms with Crippen molar-refractivity contribution in [2.45, 2.75) is 19.9 Å². The molecule has 27 heavy (non-hydrogen) atoms. The molecule has 0 aliphatic heterocycles. The van der Waals surface area contributed by atoms with Crippen LogP contribution in [0.25, 0.3) is 0 Å². The smallest absolute Gasteiger partial charge is 0.289 e. The maximum absolute atomic E-state index is 12.6. The Kier molecular flexibility index (Phi) is 5.41. The van der Waals surface area contributed by atoms with Gasteiger partial charge >= 0.3 is 0 Å². The van der Waals surface area contributed by atoms with Gasteiger partial charge in [-0.3, -0.25) is 9.59 Å². The summed E-state index contributed by atoms with van der Waals surface area (Å²) < 4.78 is 5.43. The van der Waals surface area contributed by atoms with Gasteiger partial charge in [-0.25, -0.2) is 0 Å². The number of amides is 2. The number of carbonyl (C=O) groups is 2. The summed E-state index contributed by atoms with van der Waals surface area (Å²) >= 11 is 0. The molecule has 1 aromatic heterocycles. The molecule has 0 fully saturated rings. The molecule has 1 unspecified atom stereocenters. The van der Waals surface area contributed by atoms with E-state index in [2.05, 4.69) is 5.32 Å². The number of benzene rings is 2. The van der Waals surface area contributed by atoms with Crippen molar-refractivity contribution in [2.75, 3.05) is 12.4 Å². The van der Waals surface area contributed by atoms with E-state index in [9.17, 15) is 9.59 Å². The minimum absolute atomic E-state index is 0.170. The standard InChI is InChI=1S/C22H22N2O3/c1-15-12-13-20(27-15)22(26)24(3)16(2)18-10-7-11-19(14-18)23-21(25)17-8-5-4-6-9-17/h4-14,16H,1-3H3,(H,23,25). The maximum atomic E-state index is 12.6. The molecule has 2 aromatic carbocycles. The van der Waals surface area contributed by atoms with Crippen molar-refractivity contribution < 1.29 is 14.0 Å². The van der Waals surface area contributed by atoms with Crippen LogP contribution in [0.2, 0.25) is 0 Å². The summed E-state index contributed by atoms with van der Waals surface area (Å²) in [5.41, 5.74) is 2.19. The summed E-state index contributed by atoms with van der Waals surface area (Å²) in [7, 11) is 1.74. The van der Waals surface area contributed by atoms with Crippen LogP contribution in [0.4, 0.5) is 5.69 Å². The monoisotopic (exact) mass is 362 g/mol. The van der Waals surface area contributed by atoms with Gasteiger partial charge in [-0.15, -0.1) is 0 Å². The Bertz CT molecular complexity index is 947. The second-order valence-electron chi connectivity index (χ2n) is 6.45. The number of aryl methyl sites for hydroxylation is 1. The van der Waals surface area contributed by atoms with Crippen molar-refractivity contribution in [3.8, 4) is 0 Å². The molecule has 2 amide bonds. The van der Waals surface area contributed by atoms with E-state index >= 15 is 0 Å². The minimum atomic E-state index is -0.186. The molecule has 138 valence electrons. The van der Waals surface area contributed by atoms with Gasteiger partial charge in [0.25, 0.3) is 11.8 Å². The van der Waals surface area contributed by atoms with E-state index < -0.39 is 0 Å². The fourth-order valence-corrected chi connectivity index (χ4v) is 2.79. The SMILES string of the molecule is Cc1ccc(C(=O)N(C)C(C)c2cccc(NC(=O)c3ccccc3)c2)o1. The highest BCUT2D eigenvalue weighted by molar-refractivity contribution is 6.04. The number of nitrogens with zero attached hydrogens (tertiary/aromatic N) is 1. The number of hydrogen-bond acceptors (Lipinski definition) is 3. The zero-order valence-electron chi connectivity index (χ0n) is 15.6. The second-order valence-corrected chi connectivity index (χ2v) is 6.45. The molecule has 0 aliphatic carbocycles. The third kappa shape index (κ3) is 4.26. The lowest BCUT2D eigenvalue weighted by atomic mass is 10.1. The van der Waals surface area contributed by atoms with Crippen molar-refractivity contribution in [1.29, 1.82) is 0 Å². The lowest BCUT2D eigenvalue weighted by molar-refractivity contribution is 0.0709. The van der Waals surface area contributed by atoms with Gasteiger partial charge in [0.15, 0.2) is 5.76 Å². The Morgan fingerprint density at radius 1 is 1.00 bits per heavy atom. The van der Waals surface area contributed by atoms with Crippen LogP contribution in [0.1, 0.15) is 45.2 Å². The first-order chi connectivity index (χ1) is 13.0. The van der Waals surface area contributed by atoms with Crippen LogP contribution in [-0.2, 0) is 0 Å². The lowest BCUT2D eigenvalue weighted by Crippen LogP contribution is -2.29. The third-order valence-corrected chi connectivity index (χ3v) is 4.52. The maximum Gasteiger partial charge on any atom is 0.289 e. The molecule has 0 spiro atoms. The summed E-state index contributed by atoms with van der Waals surface area (Å²) in [4.78, 5) is 26.5. The Morgan fingerprint density at radius 3 is 2.41 bits per heavy atom. The lowest BCUT2D eigenvalue weighted by Gasteiger charge is -2.25. The summed E-state index contributed by atoms with van der Waals surface area (Å²) in [6.45, 7) is 3.74. The van der Waals surface area contributed by atoms with E-state index in [0.29, 0.717) is 22.8 Å². The molecule has 0 saturated heterocycles.